The highest BCUT2D eigenvalue weighted by Gasteiger charge is 2.40. The van der Waals surface area contributed by atoms with E-state index in [4.69, 9.17) is 4.74 Å². The van der Waals surface area contributed by atoms with E-state index in [1.54, 1.807) is 0 Å². The Morgan fingerprint density at radius 3 is 2.62 bits per heavy atom. The molecule has 2 bridgehead atoms. The van der Waals surface area contributed by atoms with E-state index in [-0.39, 0.29) is 12.0 Å². The molecule has 0 spiro atoms. The fourth-order valence-electron chi connectivity index (χ4n) is 3.80. The summed E-state index contributed by atoms with van der Waals surface area (Å²) < 4.78 is 5.86. The van der Waals surface area contributed by atoms with Crippen LogP contribution in [0.2, 0.25) is 0 Å². The summed E-state index contributed by atoms with van der Waals surface area (Å²) in [6.45, 7) is 4.04. The number of ether oxygens (including phenoxy) is 1. The number of hydrogen-bond acceptors (Lipinski definition) is 2. The smallest absolute Gasteiger partial charge is 0.261 e. The molecule has 0 heterocycles. The molecule has 2 aliphatic rings. The van der Waals surface area contributed by atoms with Gasteiger partial charge in [0.25, 0.3) is 5.91 Å². The van der Waals surface area contributed by atoms with Crippen LogP contribution in [0.3, 0.4) is 0 Å². The molecule has 0 radical (unpaired) electrons. The van der Waals surface area contributed by atoms with Gasteiger partial charge < -0.3 is 10.1 Å². The van der Waals surface area contributed by atoms with Gasteiger partial charge in [0.15, 0.2) is 6.10 Å². The molecule has 3 rings (SSSR count). The zero-order valence-corrected chi connectivity index (χ0v) is 13.0. The minimum Gasteiger partial charge on any atom is -0.481 e. The molecule has 114 valence electrons. The Labute approximate surface area is 127 Å². The maximum atomic E-state index is 12.4. The van der Waals surface area contributed by atoms with Crippen LogP contribution in [0.5, 0.6) is 5.75 Å². The van der Waals surface area contributed by atoms with Crippen molar-refractivity contribution >= 4 is 5.91 Å². The molecule has 1 amide bonds. The zero-order chi connectivity index (χ0) is 14.8. The first kappa shape index (κ1) is 14.4. The number of aryl methyl sites for hydroxylation is 1. The van der Waals surface area contributed by atoms with E-state index in [2.05, 4.69) is 5.32 Å². The third-order valence-corrected chi connectivity index (χ3v) is 5.03. The zero-order valence-electron chi connectivity index (χ0n) is 13.0. The number of nitrogens with one attached hydrogen (secondary N) is 1. The third kappa shape index (κ3) is 3.22. The molecule has 1 N–H and O–H groups in total. The van der Waals surface area contributed by atoms with Gasteiger partial charge in [-0.05, 0) is 56.6 Å². The number of hydrogen-bond donors (Lipinski definition) is 1. The molecule has 1 aromatic rings. The lowest BCUT2D eigenvalue weighted by Gasteiger charge is -2.25. The van der Waals surface area contributed by atoms with Gasteiger partial charge in [-0.3, -0.25) is 4.79 Å². The molecule has 4 atom stereocenters. The Bertz CT molecular complexity index is 496. The van der Waals surface area contributed by atoms with Gasteiger partial charge >= 0.3 is 0 Å². The summed E-state index contributed by atoms with van der Waals surface area (Å²) in [5, 5.41) is 3.23. The first-order chi connectivity index (χ1) is 10.2. The highest BCUT2D eigenvalue weighted by molar-refractivity contribution is 5.81. The second kappa shape index (κ2) is 6.08. The van der Waals surface area contributed by atoms with Gasteiger partial charge in [-0.1, -0.05) is 31.0 Å². The number of carbonyl (C=O) groups is 1. The summed E-state index contributed by atoms with van der Waals surface area (Å²) in [6.07, 6.45) is 5.42. The summed E-state index contributed by atoms with van der Waals surface area (Å²) in [6, 6.07) is 8.27. The minimum atomic E-state index is -0.383. The van der Waals surface area contributed by atoms with Crippen LogP contribution >= 0.6 is 0 Å². The Balaban J connectivity index is 1.57. The molecule has 2 fully saturated rings. The van der Waals surface area contributed by atoms with Gasteiger partial charge in [-0.25, -0.2) is 0 Å². The van der Waals surface area contributed by atoms with Crippen molar-refractivity contribution in [3.63, 3.8) is 0 Å². The normalized spacial score (nSPS) is 28.4. The van der Waals surface area contributed by atoms with Crippen molar-refractivity contribution < 1.29 is 9.53 Å². The fourth-order valence-corrected chi connectivity index (χ4v) is 3.80. The summed E-state index contributed by atoms with van der Waals surface area (Å²) in [5.41, 5.74) is 1.20. The molecule has 2 aliphatic carbocycles. The minimum absolute atomic E-state index is 0.0515. The lowest BCUT2D eigenvalue weighted by atomic mass is 9.95. The molecule has 3 nitrogen and oxygen atoms in total. The second-order valence-corrected chi connectivity index (χ2v) is 6.62. The maximum absolute atomic E-state index is 12.4. The predicted molar refractivity (Wildman–Crippen MR) is 83.3 cm³/mol. The topological polar surface area (TPSA) is 38.3 Å². The number of carbonyl (C=O) groups excluding carboxylic acids is 1. The van der Waals surface area contributed by atoms with E-state index < -0.39 is 0 Å². The van der Waals surface area contributed by atoms with Crippen LogP contribution < -0.4 is 10.1 Å². The van der Waals surface area contributed by atoms with Gasteiger partial charge in [0.05, 0.1) is 0 Å². The Morgan fingerprint density at radius 2 is 2.05 bits per heavy atom. The van der Waals surface area contributed by atoms with Gasteiger partial charge in [0, 0.05) is 6.04 Å². The van der Waals surface area contributed by atoms with Crippen LogP contribution in [0.1, 0.15) is 44.6 Å². The standard InChI is InChI=1S/C18H25NO2/c1-3-17(21-15-8-4-12(2)5-9-15)18(20)19-16-11-13-6-7-14(16)10-13/h4-5,8-9,13-14,16-17H,3,6-7,10-11H2,1-2H3,(H,19,20). The molecule has 21 heavy (non-hydrogen) atoms. The van der Waals surface area contributed by atoms with Gasteiger partial charge in [0.1, 0.15) is 5.75 Å². The van der Waals surface area contributed by atoms with Gasteiger partial charge in [0.2, 0.25) is 0 Å². The lowest BCUT2D eigenvalue weighted by molar-refractivity contribution is -0.129. The SMILES string of the molecule is CCC(Oc1ccc(C)cc1)C(=O)NC1CC2CCC1C2. The average Bonchev–Trinajstić information content (AvgIpc) is 3.09. The molecule has 2 saturated carbocycles. The van der Waals surface area contributed by atoms with Gasteiger partial charge in [-0.2, -0.15) is 0 Å². The van der Waals surface area contributed by atoms with Crippen molar-refractivity contribution in [3.05, 3.63) is 29.8 Å². The fraction of sp³-hybridized carbons (Fsp3) is 0.611. The predicted octanol–water partition coefficient (Wildman–Crippen LogP) is 3.46. The molecule has 3 heteroatoms. The first-order valence-electron chi connectivity index (χ1n) is 8.19. The van der Waals surface area contributed by atoms with E-state index >= 15 is 0 Å². The summed E-state index contributed by atoms with van der Waals surface area (Å²) >= 11 is 0. The monoisotopic (exact) mass is 287 g/mol. The third-order valence-electron chi connectivity index (χ3n) is 5.03. The van der Waals surface area contributed by atoms with Crippen molar-refractivity contribution in [3.8, 4) is 5.75 Å². The summed E-state index contributed by atoms with van der Waals surface area (Å²) in [5.74, 6) is 2.38. The Kier molecular flexibility index (Phi) is 4.18. The number of benzene rings is 1. The number of amides is 1. The molecular formula is C18H25NO2. The quantitative estimate of drug-likeness (QED) is 0.900. The largest absolute Gasteiger partial charge is 0.481 e. The molecule has 1 aromatic carbocycles. The van der Waals surface area contributed by atoms with E-state index in [0.29, 0.717) is 18.4 Å². The maximum Gasteiger partial charge on any atom is 0.261 e. The molecule has 0 aliphatic heterocycles. The van der Waals surface area contributed by atoms with Crippen LogP contribution in [-0.4, -0.2) is 18.1 Å². The highest BCUT2D eigenvalue weighted by atomic mass is 16.5. The Morgan fingerprint density at radius 1 is 1.29 bits per heavy atom. The second-order valence-electron chi connectivity index (χ2n) is 6.62. The number of rotatable bonds is 5. The van der Waals surface area contributed by atoms with E-state index in [0.717, 1.165) is 18.1 Å². The van der Waals surface area contributed by atoms with Crippen LogP contribution in [0.15, 0.2) is 24.3 Å². The molecule has 0 saturated heterocycles. The van der Waals surface area contributed by atoms with Crippen molar-refractivity contribution in [2.45, 2.75) is 58.1 Å². The van der Waals surface area contributed by atoms with Crippen LogP contribution in [-0.2, 0) is 4.79 Å². The van der Waals surface area contributed by atoms with E-state index in [9.17, 15) is 4.79 Å². The molecular weight excluding hydrogens is 262 g/mol. The van der Waals surface area contributed by atoms with Crippen LogP contribution in [0.25, 0.3) is 0 Å². The first-order valence-corrected chi connectivity index (χ1v) is 8.19. The van der Waals surface area contributed by atoms with Crippen LogP contribution in [0.4, 0.5) is 0 Å². The Hall–Kier alpha value is -1.51. The summed E-state index contributed by atoms with van der Waals surface area (Å²) in [4.78, 5) is 12.4. The summed E-state index contributed by atoms with van der Waals surface area (Å²) in [7, 11) is 0. The average molecular weight is 287 g/mol. The van der Waals surface area contributed by atoms with Crippen molar-refractivity contribution in [2.24, 2.45) is 11.8 Å². The van der Waals surface area contributed by atoms with Gasteiger partial charge in [-0.15, -0.1) is 0 Å². The molecule has 0 aromatic heterocycles. The molecule has 4 unspecified atom stereocenters. The number of fused-ring (bicyclic) bond motifs is 2. The van der Waals surface area contributed by atoms with Crippen LogP contribution in [0, 0.1) is 18.8 Å². The van der Waals surface area contributed by atoms with E-state index in [1.165, 1.54) is 24.8 Å². The van der Waals surface area contributed by atoms with Crippen molar-refractivity contribution in [1.29, 1.82) is 0 Å². The highest BCUT2D eigenvalue weighted by Crippen LogP contribution is 2.44. The lowest BCUT2D eigenvalue weighted by Crippen LogP contribution is -2.45. The van der Waals surface area contributed by atoms with E-state index in [1.807, 2.05) is 38.1 Å². The van der Waals surface area contributed by atoms with Crippen molar-refractivity contribution in [1.82, 2.24) is 5.32 Å². The van der Waals surface area contributed by atoms with Crippen molar-refractivity contribution in [2.75, 3.05) is 0 Å².